The number of hydrogen-bond donors (Lipinski definition) is 3. The summed E-state index contributed by atoms with van der Waals surface area (Å²) in [6, 6.07) is 13.8. The average molecular weight is 595 g/mol. The number of nitrogens with one attached hydrogen (secondary N) is 3. The number of sulfonamides is 1. The van der Waals surface area contributed by atoms with Gasteiger partial charge in [0, 0.05) is 49.2 Å². The molecule has 1 fully saturated rings. The lowest BCUT2D eigenvalue weighted by Crippen LogP contribution is -2.45. The summed E-state index contributed by atoms with van der Waals surface area (Å²) in [6.07, 6.45) is 5.27. The van der Waals surface area contributed by atoms with Crippen LogP contribution in [0.3, 0.4) is 0 Å². The van der Waals surface area contributed by atoms with E-state index in [9.17, 15) is 8.42 Å². The van der Waals surface area contributed by atoms with Gasteiger partial charge in [0.25, 0.3) is 0 Å². The second-order valence-corrected chi connectivity index (χ2v) is 12.6. The average Bonchev–Trinajstić information content (AvgIpc) is 2.96. The van der Waals surface area contributed by atoms with Gasteiger partial charge in [-0.2, -0.15) is 4.98 Å². The van der Waals surface area contributed by atoms with E-state index in [0.717, 1.165) is 55.9 Å². The quantitative estimate of drug-likeness (QED) is 0.255. The van der Waals surface area contributed by atoms with Crippen LogP contribution >= 0.6 is 0 Å². The second kappa shape index (κ2) is 14.1. The smallest absolute Gasteiger partial charge is 0.229 e. The summed E-state index contributed by atoms with van der Waals surface area (Å²) in [5.41, 5.74) is 3.66. The summed E-state index contributed by atoms with van der Waals surface area (Å²) in [4.78, 5) is 16.4. The van der Waals surface area contributed by atoms with E-state index in [1.54, 1.807) is 31.5 Å². The predicted molar refractivity (Wildman–Crippen MR) is 175 cm³/mol. The van der Waals surface area contributed by atoms with Gasteiger partial charge in [0.15, 0.2) is 7.98 Å². The van der Waals surface area contributed by atoms with Gasteiger partial charge in [-0.15, -0.1) is 0 Å². The highest BCUT2D eigenvalue weighted by Gasteiger charge is 2.21. The molecule has 2 heterocycles. The summed E-state index contributed by atoms with van der Waals surface area (Å²) >= 11 is 0. The highest BCUT2D eigenvalue weighted by molar-refractivity contribution is 7.92. The number of para-hydroxylation sites is 2. The van der Waals surface area contributed by atoms with Gasteiger partial charge >= 0.3 is 0 Å². The van der Waals surface area contributed by atoms with Crippen LogP contribution < -0.4 is 25.0 Å². The largest absolute Gasteiger partial charge is 0.494 e. The van der Waals surface area contributed by atoms with Crippen LogP contribution in [0.5, 0.6) is 5.75 Å². The van der Waals surface area contributed by atoms with E-state index in [1.807, 2.05) is 25.1 Å². The van der Waals surface area contributed by atoms with Gasteiger partial charge in [-0.3, -0.25) is 4.72 Å². The van der Waals surface area contributed by atoms with Crippen molar-refractivity contribution in [2.45, 2.75) is 32.7 Å². The maximum absolute atomic E-state index is 11.8. The molecule has 0 unspecified atom stereocenters. The molecule has 1 aliphatic heterocycles. The number of aryl methyl sites for hydroxylation is 1. The summed E-state index contributed by atoms with van der Waals surface area (Å²) in [5, 5.41) is 6.52. The fraction of sp³-hybridized carbons (Fsp3) is 0.448. The van der Waals surface area contributed by atoms with Gasteiger partial charge in [-0.05, 0) is 71.1 Å². The molecule has 4 rings (SSSR count). The van der Waals surface area contributed by atoms with Crippen LogP contribution in [0.25, 0.3) is 0 Å². The van der Waals surface area contributed by atoms with Crippen molar-refractivity contribution in [1.82, 2.24) is 19.7 Å². The molecular weight excluding hydrogens is 551 g/mol. The molecular formula is C29H43BN8O3S. The fourth-order valence-corrected chi connectivity index (χ4v) is 5.68. The molecule has 0 bridgehead atoms. The third-order valence-electron chi connectivity index (χ3n) is 7.66. The summed E-state index contributed by atoms with van der Waals surface area (Å²) in [7, 11) is 2.65. The van der Waals surface area contributed by atoms with Gasteiger partial charge < -0.3 is 30.0 Å². The number of ether oxygens (including phenoxy) is 1. The Morgan fingerprint density at radius 1 is 1.07 bits per heavy atom. The van der Waals surface area contributed by atoms with Gasteiger partial charge in [-0.25, -0.2) is 13.4 Å². The third-order valence-corrected chi connectivity index (χ3v) is 8.25. The van der Waals surface area contributed by atoms with Crippen LogP contribution in [0, 0.1) is 6.92 Å². The number of nitrogens with zero attached hydrogens (tertiary/aromatic N) is 5. The number of methoxy groups -OCH3 is 1. The molecule has 3 N–H and O–H groups in total. The Balaban J connectivity index is 1.46. The highest BCUT2D eigenvalue weighted by Crippen LogP contribution is 2.33. The number of hydrogen-bond acceptors (Lipinski definition) is 10. The number of piperidine rings is 1. The van der Waals surface area contributed by atoms with E-state index in [1.165, 1.54) is 12.8 Å². The molecule has 13 heteroatoms. The zero-order chi connectivity index (χ0) is 30.3. The molecule has 1 saturated heterocycles. The van der Waals surface area contributed by atoms with Crippen molar-refractivity contribution in [3.05, 3.63) is 54.2 Å². The van der Waals surface area contributed by atoms with E-state index in [0.29, 0.717) is 34.9 Å². The standard InChI is InChI=1S/C29H43BN8O3S/c1-6-37(18-17-36(3)22-13-15-38(30)16-14-22)23-11-12-26(27(19-23)41-4)33-29-31-20-21(2)28(34-29)32-24-9-7-8-10-25(24)35-42(5,39)40/h7-12,19-20,22,35H,6,13-18,30H2,1-5H3,(H2,31,32,33,34). The highest BCUT2D eigenvalue weighted by atomic mass is 32.2. The zero-order valence-electron chi connectivity index (χ0n) is 25.5. The molecule has 0 radical (unpaired) electrons. The van der Waals surface area contributed by atoms with Crippen molar-refractivity contribution >= 4 is 52.5 Å². The normalized spacial score (nSPS) is 14.5. The number of likely N-dealkylation sites (N-methyl/N-ethyl adjacent to an activating group) is 2. The zero-order valence-corrected chi connectivity index (χ0v) is 26.3. The first-order chi connectivity index (χ1) is 20.1. The number of anilines is 6. The summed E-state index contributed by atoms with van der Waals surface area (Å²) < 4.78 is 31.9. The lowest BCUT2D eigenvalue weighted by atomic mass is 10.0. The van der Waals surface area contributed by atoms with E-state index in [2.05, 4.69) is 68.0 Å². The van der Waals surface area contributed by atoms with E-state index in [4.69, 9.17) is 4.74 Å². The minimum Gasteiger partial charge on any atom is -0.494 e. The van der Waals surface area contributed by atoms with E-state index >= 15 is 0 Å². The Morgan fingerprint density at radius 3 is 2.45 bits per heavy atom. The number of rotatable bonds is 13. The van der Waals surface area contributed by atoms with Gasteiger partial charge in [-0.1, -0.05) is 12.1 Å². The van der Waals surface area contributed by atoms with Crippen molar-refractivity contribution in [1.29, 1.82) is 0 Å². The monoisotopic (exact) mass is 594 g/mol. The maximum Gasteiger partial charge on any atom is 0.229 e. The van der Waals surface area contributed by atoms with Gasteiger partial charge in [0.2, 0.25) is 16.0 Å². The van der Waals surface area contributed by atoms with Gasteiger partial charge in [0.1, 0.15) is 11.6 Å². The predicted octanol–water partition coefficient (Wildman–Crippen LogP) is 3.42. The fourth-order valence-electron chi connectivity index (χ4n) is 5.10. The first kappa shape index (κ1) is 31.4. The van der Waals surface area contributed by atoms with Crippen LogP contribution in [-0.2, 0) is 10.0 Å². The van der Waals surface area contributed by atoms with Crippen molar-refractivity contribution in [3.8, 4) is 5.75 Å². The minimum absolute atomic E-state index is 0.384. The molecule has 0 aliphatic carbocycles. The number of aromatic nitrogens is 2. The Morgan fingerprint density at radius 2 is 1.79 bits per heavy atom. The van der Waals surface area contributed by atoms with Crippen molar-refractivity contribution in [2.24, 2.45) is 0 Å². The topological polar surface area (TPSA) is 115 Å². The molecule has 0 saturated carbocycles. The van der Waals surface area contributed by atoms with Crippen LogP contribution in [0.15, 0.2) is 48.7 Å². The van der Waals surface area contributed by atoms with E-state index < -0.39 is 10.0 Å². The van der Waals surface area contributed by atoms with Crippen molar-refractivity contribution in [2.75, 3.05) is 73.4 Å². The molecule has 226 valence electrons. The SMILES string of the molecule is BN1CCC(N(C)CCN(CC)c2ccc(Nc3ncc(C)c(Nc4ccccc4NS(C)(=O)=O)n3)c(OC)c2)CC1. The lowest BCUT2D eigenvalue weighted by molar-refractivity contribution is 0.173. The molecule has 0 amide bonds. The van der Waals surface area contributed by atoms with Crippen molar-refractivity contribution < 1.29 is 13.2 Å². The van der Waals surface area contributed by atoms with Crippen LogP contribution in [0.4, 0.5) is 34.5 Å². The molecule has 0 atom stereocenters. The second-order valence-electron chi connectivity index (χ2n) is 10.9. The Labute approximate surface area is 251 Å². The van der Waals surface area contributed by atoms with Crippen LogP contribution in [0.2, 0.25) is 0 Å². The summed E-state index contributed by atoms with van der Waals surface area (Å²) in [5.74, 6) is 1.63. The molecule has 1 aromatic heterocycles. The molecule has 3 aromatic rings. The molecule has 0 spiro atoms. The summed E-state index contributed by atoms with van der Waals surface area (Å²) in [6.45, 7) is 9.20. The molecule has 1 aliphatic rings. The van der Waals surface area contributed by atoms with Gasteiger partial charge in [0.05, 0.1) is 30.4 Å². The Hall–Kier alpha value is -3.55. The van der Waals surface area contributed by atoms with E-state index in [-0.39, 0.29) is 0 Å². The molecule has 42 heavy (non-hydrogen) atoms. The van der Waals surface area contributed by atoms with Crippen LogP contribution in [0.1, 0.15) is 25.3 Å². The lowest BCUT2D eigenvalue weighted by Gasteiger charge is -2.36. The first-order valence-corrected chi connectivity index (χ1v) is 16.2. The Kier molecular flexibility index (Phi) is 10.5. The maximum atomic E-state index is 11.8. The van der Waals surface area contributed by atoms with Crippen molar-refractivity contribution in [3.63, 3.8) is 0 Å². The minimum atomic E-state index is -3.44. The number of benzene rings is 2. The third kappa shape index (κ3) is 8.49. The molecule has 11 nitrogen and oxygen atoms in total. The molecule has 2 aromatic carbocycles. The first-order valence-electron chi connectivity index (χ1n) is 14.3. The van der Waals surface area contributed by atoms with Crippen LogP contribution in [-0.4, -0.2) is 95.3 Å². The Bertz CT molecular complexity index is 1450.